The molecule has 2 N–H and O–H groups in total. The Morgan fingerprint density at radius 1 is 1.17 bits per heavy atom. The van der Waals surface area contributed by atoms with Gasteiger partial charge in [-0.25, -0.2) is 0 Å². The minimum absolute atomic E-state index is 0. The van der Waals surface area contributed by atoms with E-state index in [-0.39, 0.29) is 22.5 Å². The summed E-state index contributed by atoms with van der Waals surface area (Å²) in [5, 5.41) is 1.25. The van der Waals surface area contributed by atoms with Crippen LogP contribution in [0.15, 0.2) is 0 Å². The summed E-state index contributed by atoms with van der Waals surface area (Å²) in [5.74, 6) is 0. The summed E-state index contributed by atoms with van der Waals surface area (Å²) in [7, 11) is -4.67. The number of hydrogen-bond donors (Lipinski definition) is 2. The first-order chi connectivity index (χ1) is 3.41. The van der Waals surface area contributed by atoms with Crippen LogP contribution in [0.25, 0.3) is 0 Å². The molecule has 12 heavy (non-hydrogen) atoms. The minimum atomic E-state index is -4.67. The van der Waals surface area contributed by atoms with Gasteiger partial charge in [-0.2, -0.15) is 8.42 Å². The standard InChI is InChI=1S/C2H5.BH3.3FH.Li.H2O4S/c1-2;;;;;;1-5(2,3)4/h1H2,2H3;1H3;3*1H;;(H2,1,2,3,4). The molecule has 0 aromatic rings. The Morgan fingerprint density at radius 2 is 1.17 bits per heavy atom. The number of halogens is 3. The molecule has 10 heteroatoms. The summed E-state index contributed by atoms with van der Waals surface area (Å²) in [6.07, 6.45) is 0. The summed E-state index contributed by atoms with van der Waals surface area (Å²) in [5.41, 5.74) is 0. The molecule has 0 saturated heterocycles. The Morgan fingerprint density at radius 3 is 1.17 bits per heavy atom. The maximum atomic E-state index is 8.74. The topological polar surface area (TPSA) is 74.6 Å². The van der Waals surface area contributed by atoms with E-state index in [1.165, 1.54) is 5.09 Å². The summed E-state index contributed by atoms with van der Waals surface area (Å²) in [6.45, 7) is 2.12. The third-order valence-corrected chi connectivity index (χ3v) is 0. The van der Waals surface area contributed by atoms with Gasteiger partial charge >= 0.3 is 40.1 Å². The maximum absolute atomic E-state index is 8.74. The van der Waals surface area contributed by atoms with E-state index in [4.69, 9.17) is 17.5 Å². The van der Waals surface area contributed by atoms with Gasteiger partial charge < -0.3 is 0 Å². The summed E-state index contributed by atoms with van der Waals surface area (Å²) in [6, 6.07) is 0. The van der Waals surface area contributed by atoms with Gasteiger partial charge in [0, 0.05) is 0 Å². The van der Waals surface area contributed by atoms with Crippen molar-refractivity contribution in [2.45, 2.75) is 12.0 Å². The van der Waals surface area contributed by atoms with Crippen molar-refractivity contribution in [3.8, 4) is 0 Å². The van der Waals surface area contributed by atoms with Crippen LogP contribution in [0.1, 0.15) is 6.92 Å². The second kappa shape index (κ2) is 22.5. The van der Waals surface area contributed by atoms with Gasteiger partial charge in [-0.05, 0) is 0 Å². The van der Waals surface area contributed by atoms with Gasteiger partial charge in [-0.1, -0.05) is 0 Å². The van der Waals surface area contributed by atoms with Crippen LogP contribution in [0.4, 0.5) is 14.1 Å². The summed E-state index contributed by atoms with van der Waals surface area (Å²) in [4.78, 5) is 0. The first-order valence-electron chi connectivity index (χ1n) is 2.11. The molecule has 0 aliphatic heterocycles. The molecule has 0 aliphatic carbocycles. The SMILES string of the molecule is B.F.F.F.O=S(=O)(O)O.[Li][CH2]C. The monoisotopic (exact) mass is 208 g/mol. The van der Waals surface area contributed by atoms with Crippen molar-refractivity contribution in [3.63, 3.8) is 0 Å². The van der Waals surface area contributed by atoms with Crippen LogP contribution in [0.2, 0.25) is 5.09 Å². The molecule has 0 atom stereocenters. The molecule has 0 fully saturated rings. The number of rotatable bonds is 0. The Bertz CT molecular complexity index is 122. The first-order valence-corrected chi connectivity index (χ1v) is 3.51. The molecule has 0 bridgehead atoms. The number of hydrogen-bond acceptors (Lipinski definition) is 2. The first kappa shape index (κ1) is 39.5. The zero-order valence-corrected chi connectivity index (χ0v) is 6.87. The van der Waals surface area contributed by atoms with Crippen LogP contribution >= 0.6 is 0 Å². The molecular weight excluding hydrogens is 195 g/mol. The van der Waals surface area contributed by atoms with E-state index in [2.05, 4.69) is 24.6 Å². The van der Waals surface area contributed by atoms with Gasteiger partial charge in [0.2, 0.25) is 0 Å². The van der Waals surface area contributed by atoms with Gasteiger partial charge in [0.15, 0.2) is 0 Å². The van der Waals surface area contributed by atoms with Crippen LogP contribution in [0, 0.1) is 0 Å². The fourth-order valence-corrected chi connectivity index (χ4v) is 0. The third-order valence-electron chi connectivity index (χ3n) is 0. The van der Waals surface area contributed by atoms with E-state index < -0.39 is 10.4 Å². The van der Waals surface area contributed by atoms with Gasteiger partial charge in [-0.15, -0.1) is 0 Å². The van der Waals surface area contributed by atoms with Crippen LogP contribution in [-0.4, -0.2) is 43.7 Å². The third kappa shape index (κ3) is 8630. The Balaban J connectivity index is -0.0000000119. The van der Waals surface area contributed by atoms with E-state index in [1.54, 1.807) is 0 Å². The fourth-order valence-electron chi connectivity index (χ4n) is 0. The molecule has 0 spiro atoms. The summed E-state index contributed by atoms with van der Waals surface area (Å²) < 4.78 is 31.6. The van der Waals surface area contributed by atoms with Crippen molar-refractivity contribution in [1.82, 2.24) is 0 Å². The molecule has 0 amide bonds. The summed E-state index contributed by atoms with van der Waals surface area (Å²) >= 11 is 2.12. The van der Waals surface area contributed by atoms with Crippen molar-refractivity contribution in [2.75, 3.05) is 0 Å². The second-order valence-corrected chi connectivity index (χ2v) is 2.05. The van der Waals surface area contributed by atoms with E-state index in [0.717, 1.165) is 0 Å². The zero-order chi connectivity index (χ0) is 7.21. The van der Waals surface area contributed by atoms with Crippen molar-refractivity contribution >= 4 is 36.5 Å². The molecule has 0 radical (unpaired) electrons. The van der Waals surface area contributed by atoms with E-state index >= 15 is 0 Å². The van der Waals surface area contributed by atoms with Gasteiger partial charge in [0.05, 0.1) is 8.41 Å². The predicted molar refractivity (Wildman–Crippen MR) is 47.9 cm³/mol. The Kier molecular flexibility index (Phi) is 74.1. The Hall–Kier alpha value is 0.322. The second-order valence-electron chi connectivity index (χ2n) is 1.15. The van der Waals surface area contributed by atoms with Gasteiger partial charge in [-0.3, -0.25) is 23.2 Å². The Labute approximate surface area is 80.6 Å². The normalized spacial score (nSPS) is 6.42. The predicted octanol–water partition coefficient (Wildman–Crippen LogP) is -0.786. The van der Waals surface area contributed by atoms with Crippen LogP contribution in [-0.2, 0) is 10.4 Å². The fraction of sp³-hybridized carbons (Fsp3) is 1.00. The van der Waals surface area contributed by atoms with Crippen molar-refractivity contribution < 1.29 is 31.6 Å². The van der Waals surface area contributed by atoms with Crippen molar-refractivity contribution in [2.24, 2.45) is 0 Å². The quantitative estimate of drug-likeness (QED) is 0.404. The molecule has 0 saturated carbocycles. The molecular formula is C2H13BF3LiO4S. The molecule has 0 rings (SSSR count). The average molecular weight is 208 g/mol. The molecule has 0 aromatic heterocycles. The molecule has 4 nitrogen and oxygen atoms in total. The van der Waals surface area contributed by atoms with Crippen LogP contribution < -0.4 is 0 Å². The van der Waals surface area contributed by atoms with Crippen molar-refractivity contribution in [1.29, 1.82) is 0 Å². The van der Waals surface area contributed by atoms with Gasteiger partial charge in [0.25, 0.3) is 0 Å². The molecule has 76 valence electrons. The van der Waals surface area contributed by atoms with Crippen molar-refractivity contribution in [3.05, 3.63) is 0 Å². The average Bonchev–Trinajstić information content (AvgIpc) is 1.27. The molecule has 0 aromatic carbocycles. The zero-order valence-electron chi connectivity index (χ0n) is 6.05. The van der Waals surface area contributed by atoms with Crippen LogP contribution in [0.3, 0.4) is 0 Å². The van der Waals surface area contributed by atoms with Crippen LogP contribution in [0.5, 0.6) is 0 Å². The van der Waals surface area contributed by atoms with Gasteiger partial charge in [0.1, 0.15) is 0 Å². The van der Waals surface area contributed by atoms with E-state index in [9.17, 15) is 0 Å². The van der Waals surface area contributed by atoms with E-state index in [1.807, 2.05) is 0 Å². The molecule has 0 unspecified atom stereocenters. The molecule has 0 heterocycles. The van der Waals surface area contributed by atoms with E-state index in [0.29, 0.717) is 0 Å². The molecule has 0 aliphatic rings.